The number of benzene rings is 2. The Morgan fingerprint density at radius 2 is 1.67 bits per heavy atom. The van der Waals surface area contributed by atoms with Crippen LogP contribution in [0.25, 0.3) is 0 Å². The van der Waals surface area contributed by atoms with Gasteiger partial charge in [0.25, 0.3) is 0 Å². The van der Waals surface area contributed by atoms with Crippen molar-refractivity contribution >= 4 is 0 Å². The zero-order valence-electron chi connectivity index (χ0n) is 12.6. The van der Waals surface area contributed by atoms with Gasteiger partial charge in [0.05, 0.1) is 0 Å². The Morgan fingerprint density at radius 1 is 0.952 bits per heavy atom. The minimum absolute atomic E-state index is 0.355. The SMILES string of the molecule is CN(C)C(Cc1ccc2c(c1)OCCO2)c1ccccc1. The van der Waals surface area contributed by atoms with E-state index in [9.17, 15) is 0 Å². The van der Waals surface area contributed by atoms with E-state index in [0.717, 1.165) is 17.9 Å². The Labute approximate surface area is 126 Å². The summed E-state index contributed by atoms with van der Waals surface area (Å²) in [4.78, 5) is 2.26. The Hall–Kier alpha value is -2.00. The molecule has 110 valence electrons. The van der Waals surface area contributed by atoms with Crippen LogP contribution in [0.1, 0.15) is 17.2 Å². The lowest BCUT2D eigenvalue weighted by atomic mass is 9.97. The van der Waals surface area contributed by atoms with Gasteiger partial charge in [-0.3, -0.25) is 0 Å². The Bertz CT molecular complexity index is 595. The fraction of sp³-hybridized carbons (Fsp3) is 0.333. The van der Waals surface area contributed by atoms with E-state index in [-0.39, 0.29) is 0 Å². The average molecular weight is 283 g/mol. The van der Waals surface area contributed by atoms with Crippen molar-refractivity contribution in [2.45, 2.75) is 12.5 Å². The number of fused-ring (bicyclic) bond motifs is 1. The van der Waals surface area contributed by atoms with Crippen LogP contribution in [0.3, 0.4) is 0 Å². The van der Waals surface area contributed by atoms with Crippen LogP contribution >= 0.6 is 0 Å². The van der Waals surface area contributed by atoms with Gasteiger partial charge in [-0.05, 0) is 43.8 Å². The molecule has 0 saturated heterocycles. The topological polar surface area (TPSA) is 21.7 Å². The van der Waals surface area contributed by atoms with Gasteiger partial charge in [-0.25, -0.2) is 0 Å². The molecule has 2 aromatic rings. The highest BCUT2D eigenvalue weighted by Crippen LogP contribution is 2.32. The van der Waals surface area contributed by atoms with E-state index >= 15 is 0 Å². The first kappa shape index (κ1) is 14.0. The monoisotopic (exact) mass is 283 g/mol. The van der Waals surface area contributed by atoms with E-state index < -0.39 is 0 Å². The first-order valence-corrected chi connectivity index (χ1v) is 7.34. The molecule has 1 unspecified atom stereocenters. The zero-order valence-corrected chi connectivity index (χ0v) is 12.6. The maximum absolute atomic E-state index is 5.67. The summed E-state index contributed by atoms with van der Waals surface area (Å²) in [5, 5.41) is 0. The van der Waals surface area contributed by atoms with Gasteiger partial charge < -0.3 is 14.4 Å². The average Bonchev–Trinajstić information content (AvgIpc) is 2.53. The minimum atomic E-state index is 0.355. The lowest BCUT2D eigenvalue weighted by Gasteiger charge is -2.26. The summed E-state index contributed by atoms with van der Waals surface area (Å²) in [7, 11) is 4.24. The van der Waals surface area contributed by atoms with Gasteiger partial charge in [-0.2, -0.15) is 0 Å². The normalized spacial score (nSPS) is 15.0. The van der Waals surface area contributed by atoms with Crippen molar-refractivity contribution < 1.29 is 9.47 Å². The van der Waals surface area contributed by atoms with E-state index in [2.05, 4.69) is 61.5 Å². The summed E-state index contributed by atoms with van der Waals surface area (Å²) >= 11 is 0. The molecule has 0 spiro atoms. The molecule has 0 aromatic heterocycles. The van der Waals surface area contributed by atoms with Crippen LogP contribution in [0.4, 0.5) is 0 Å². The molecular formula is C18H21NO2. The number of hydrogen-bond acceptors (Lipinski definition) is 3. The molecule has 3 nitrogen and oxygen atoms in total. The molecule has 0 radical (unpaired) electrons. The van der Waals surface area contributed by atoms with E-state index in [1.807, 2.05) is 6.07 Å². The number of likely N-dealkylation sites (N-methyl/N-ethyl adjacent to an activating group) is 1. The zero-order chi connectivity index (χ0) is 14.7. The van der Waals surface area contributed by atoms with Crippen molar-refractivity contribution in [2.24, 2.45) is 0 Å². The minimum Gasteiger partial charge on any atom is -0.486 e. The highest BCUT2D eigenvalue weighted by atomic mass is 16.6. The second-order valence-corrected chi connectivity index (χ2v) is 5.57. The predicted octanol–water partition coefficient (Wildman–Crippen LogP) is 3.30. The quantitative estimate of drug-likeness (QED) is 0.859. The van der Waals surface area contributed by atoms with Crippen LogP contribution in [-0.4, -0.2) is 32.2 Å². The van der Waals surface area contributed by atoms with Crippen molar-refractivity contribution in [3.05, 3.63) is 59.7 Å². The van der Waals surface area contributed by atoms with Gasteiger partial charge in [0.15, 0.2) is 11.5 Å². The van der Waals surface area contributed by atoms with Crippen molar-refractivity contribution in [1.82, 2.24) is 4.90 Å². The third-order valence-corrected chi connectivity index (χ3v) is 3.84. The third kappa shape index (κ3) is 3.19. The van der Waals surface area contributed by atoms with Gasteiger partial charge in [-0.1, -0.05) is 36.4 Å². The molecule has 0 fully saturated rings. The molecule has 1 aliphatic rings. The lowest BCUT2D eigenvalue weighted by molar-refractivity contribution is 0.171. The molecule has 3 rings (SSSR count). The number of rotatable bonds is 4. The van der Waals surface area contributed by atoms with Gasteiger partial charge in [-0.15, -0.1) is 0 Å². The van der Waals surface area contributed by atoms with Crippen LogP contribution in [0, 0.1) is 0 Å². The fourth-order valence-electron chi connectivity index (χ4n) is 2.71. The summed E-state index contributed by atoms with van der Waals surface area (Å²) in [6.07, 6.45) is 0.952. The highest BCUT2D eigenvalue weighted by Gasteiger charge is 2.17. The van der Waals surface area contributed by atoms with Gasteiger partial charge in [0.1, 0.15) is 13.2 Å². The second kappa shape index (κ2) is 6.19. The largest absolute Gasteiger partial charge is 0.486 e. The van der Waals surface area contributed by atoms with Crippen molar-refractivity contribution in [3.8, 4) is 11.5 Å². The molecule has 1 aliphatic heterocycles. The van der Waals surface area contributed by atoms with Gasteiger partial charge >= 0.3 is 0 Å². The lowest BCUT2D eigenvalue weighted by Crippen LogP contribution is -2.22. The van der Waals surface area contributed by atoms with E-state index in [1.165, 1.54) is 11.1 Å². The Morgan fingerprint density at radius 3 is 2.38 bits per heavy atom. The van der Waals surface area contributed by atoms with Crippen LogP contribution in [-0.2, 0) is 6.42 Å². The first-order valence-electron chi connectivity index (χ1n) is 7.34. The van der Waals surface area contributed by atoms with Gasteiger partial charge in [0.2, 0.25) is 0 Å². The van der Waals surface area contributed by atoms with E-state index in [0.29, 0.717) is 19.3 Å². The maximum Gasteiger partial charge on any atom is 0.161 e. The third-order valence-electron chi connectivity index (χ3n) is 3.84. The number of hydrogen-bond donors (Lipinski definition) is 0. The molecule has 0 bridgehead atoms. The predicted molar refractivity (Wildman–Crippen MR) is 84.0 cm³/mol. The summed E-state index contributed by atoms with van der Waals surface area (Å²) in [5.74, 6) is 1.72. The van der Waals surface area contributed by atoms with Crippen LogP contribution < -0.4 is 9.47 Å². The first-order chi connectivity index (χ1) is 10.2. The molecule has 21 heavy (non-hydrogen) atoms. The Kier molecular flexibility index (Phi) is 4.11. The van der Waals surface area contributed by atoms with Crippen molar-refractivity contribution in [1.29, 1.82) is 0 Å². The van der Waals surface area contributed by atoms with Crippen molar-refractivity contribution in [3.63, 3.8) is 0 Å². The summed E-state index contributed by atoms with van der Waals surface area (Å²) in [5.41, 5.74) is 2.60. The Balaban J connectivity index is 1.83. The molecule has 2 aromatic carbocycles. The standard InChI is InChI=1S/C18H21NO2/c1-19(2)16(15-6-4-3-5-7-15)12-14-8-9-17-18(13-14)21-11-10-20-17/h3-9,13,16H,10-12H2,1-2H3. The molecule has 0 amide bonds. The molecule has 0 N–H and O–H groups in total. The van der Waals surface area contributed by atoms with Crippen LogP contribution in [0.2, 0.25) is 0 Å². The summed E-state index contributed by atoms with van der Waals surface area (Å²) in [6.45, 7) is 1.27. The smallest absolute Gasteiger partial charge is 0.161 e. The number of ether oxygens (including phenoxy) is 2. The van der Waals surface area contributed by atoms with Gasteiger partial charge in [0, 0.05) is 6.04 Å². The summed E-state index contributed by atoms with van der Waals surface area (Å²) in [6, 6.07) is 17.2. The highest BCUT2D eigenvalue weighted by molar-refractivity contribution is 5.44. The molecular weight excluding hydrogens is 262 g/mol. The van der Waals surface area contributed by atoms with Crippen LogP contribution in [0.5, 0.6) is 11.5 Å². The van der Waals surface area contributed by atoms with E-state index in [1.54, 1.807) is 0 Å². The molecule has 0 saturated carbocycles. The van der Waals surface area contributed by atoms with Crippen LogP contribution in [0.15, 0.2) is 48.5 Å². The summed E-state index contributed by atoms with van der Waals surface area (Å²) < 4.78 is 11.3. The number of nitrogens with zero attached hydrogens (tertiary/aromatic N) is 1. The fourth-order valence-corrected chi connectivity index (χ4v) is 2.71. The van der Waals surface area contributed by atoms with Crippen molar-refractivity contribution in [2.75, 3.05) is 27.3 Å². The molecule has 1 atom stereocenters. The second-order valence-electron chi connectivity index (χ2n) is 5.57. The molecule has 1 heterocycles. The molecule has 3 heteroatoms. The maximum atomic E-state index is 5.67. The van der Waals surface area contributed by atoms with E-state index in [4.69, 9.17) is 9.47 Å². The molecule has 0 aliphatic carbocycles.